The van der Waals surface area contributed by atoms with Crippen LogP contribution in [0, 0.1) is 0 Å². The molecule has 0 saturated carbocycles. The van der Waals surface area contributed by atoms with E-state index in [1.165, 1.54) is 76.5 Å². The first kappa shape index (κ1) is 31.0. The van der Waals surface area contributed by atoms with Crippen LogP contribution in [0.1, 0.15) is 96.8 Å². The van der Waals surface area contributed by atoms with Gasteiger partial charge in [-0.05, 0) is 12.5 Å². The summed E-state index contributed by atoms with van der Waals surface area (Å²) in [5.41, 5.74) is 4.75. The lowest BCUT2D eigenvalue weighted by Gasteiger charge is -2.15. The minimum atomic E-state index is -1.31. The van der Waals surface area contributed by atoms with Gasteiger partial charge in [-0.2, -0.15) is 0 Å². The van der Waals surface area contributed by atoms with Gasteiger partial charge < -0.3 is 30.5 Å². The molecule has 2 rings (SSSR count). The maximum Gasteiger partial charge on any atom is 0.346 e. The maximum absolute atomic E-state index is 11.8. The van der Waals surface area contributed by atoms with Crippen molar-refractivity contribution in [2.75, 3.05) is 12.3 Å². The zero-order chi connectivity index (χ0) is 25.9. The first-order valence-corrected chi connectivity index (χ1v) is 13.0. The minimum absolute atomic E-state index is 0.282. The molecule has 10 heteroatoms. The second-order valence-corrected chi connectivity index (χ2v) is 9.02. The van der Waals surface area contributed by atoms with Crippen LogP contribution in [0.25, 0.3) is 0 Å². The molecule has 0 aliphatic carbocycles. The molecular weight excluding hydrogens is 454 g/mol. The Hall–Kier alpha value is -2.01. The van der Waals surface area contributed by atoms with Crippen LogP contribution in [0.2, 0.25) is 0 Å². The Morgan fingerprint density at radius 2 is 1.54 bits per heavy atom. The number of unbranched alkanes of at least 4 members (excludes halogenated alkanes) is 12. The normalized spacial score (nSPS) is 21.4. The van der Waals surface area contributed by atoms with Gasteiger partial charge in [0.2, 0.25) is 6.29 Å². The molecule has 0 radical (unpaired) electrons. The largest absolute Gasteiger partial charge is 0.433 e. The molecule has 202 valence electrons. The van der Waals surface area contributed by atoms with E-state index in [2.05, 4.69) is 16.9 Å². The number of esters is 1. The topological polar surface area (TPSA) is 168 Å². The number of nitrogens with one attached hydrogen (secondary N) is 1. The lowest BCUT2D eigenvalue weighted by Crippen LogP contribution is -2.35. The number of carbonyl (C=O) groups is 1. The SMILES string of the molecule is CCCCCCCCCCCCCCCC(=O)OC1O[C@H](CO)[C@@H](O)[C@@H]1O.Nc1ccnc(=O)[nH]1. The van der Waals surface area contributed by atoms with Crippen molar-refractivity contribution in [1.29, 1.82) is 0 Å². The maximum atomic E-state index is 11.8. The van der Waals surface area contributed by atoms with Gasteiger partial charge in [0.25, 0.3) is 0 Å². The molecule has 0 aromatic carbocycles. The molecule has 0 amide bonds. The quantitative estimate of drug-likeness (QED) is 0.170. The van der Waals surface area contributed by atoms with E-state index in [1.807, 2.05) is 0 Å². The van der Waals surface area contributed by atoms with E-state index >= 15 is 0 Å². The van der Waals surface area contributed by atoms with E-state index in [9.17, 15) is 19.8 Å². The number of H-pyrrole nitrogens is 1. The number of hydrogen-bond acceptors (Lipinski definition) is 9. The van der Waals surface area contributed by atoms with Gasteiger partial charge in [0, 0.05) is 12.6 Å². The van der Waals surface area contributed by atoms with E-state index in [1.54, 1.807) is 0 Å². The van der Waals surface area contributed by atoms with Gasteiger partial charge in [0.05, 0.1) is 6.61 Å². The van der Waals surface area contributed by atoms with E-state index in [0.717, 1.165) is 19.3 Å². The number of aliphatic hydroxyl groups excluding tert-OH is 3. The number of nitrogens with zero attached hydrogens (tertiary/aromatic N) is 1. The highest BCUT2D eigenvalue weighted by atomic mass is 16.7. The predicted octanol–water partition coefficient (Wildman–Crippen LogP) is 2.80. The Morgan fingerprint density at radius 3 is 1.97 bits per heavy atom. The number of ether oxygens (including phenoxy) is 2. The Balaban J connectivity index is 0.000000642. The molecule has 6 N–H and O–H groups in total. The van der Waals surface area contributed by atoms with Crippen LogP contribution in [-0.2, 0) is 14.3 Å². The van der Waals surface area contributed by atoms with Gasteiger partial charge in [-0.1, -0.05) is 84.0 Å². The summed E-state index contributed by atoms with van der Waals surface area (Å²) in [6.45, 7) is 1.82. The van der Waals surface area contributed by atoms with Crippen molar-refractivity contribution in [3.63, 3.8) is 0 Å². The van der Waals surface area contributed by atoms with Crippen molar-refractivity contribution in [2.45, 2.75) is 121 Å². The summed E-state index contributed by atoms with van der Waals surface area (Å²) in [5, 5.41) is 28.3. The molecule has 1 aliphatic rings. The number of aliphatic hydroxyl groups is 3. The molecule has 35 heavy (non-hydrogen) atoms. The summed E-state index contributed by atoms with van der Waals surface area (Å²) in [6.07, 6.45) is 13.2. The Morgan fingerprint density at radius 1 is 1.00 bits per heavy atom. The highest BCUT2D eigenvalue weighted by Crippen LogP contribution is 2.22. The number of aromatic nitrogens is 2. The summed E-state index contributed by atoms with van der Waals surface area (Å²) in [5.74, 6) is -0.0992. The molecule has 1 unspecified atom stereocenters. The fourth-order valence-corrected chi connectivity index (χ4v) is 3.82. The van der Waals surface area contributed by atoms with Gasteiger partial charge >= 0.3 is 11.7 Å². The summed E-state index contributed by atoms with van der Waals surface area (Å²) in [4.78, 5) is 27.7. The first-order valence-electron chi connectivity index (χ1n) is 13.0. The molecule has 4 atom stereocenters. The Labute approximate surface area is 208 Å². The van der Waals surface area contributed by atoms with Crippen LogP contribution in [0.5, 0.6) is 0 Å². The van der Waals surface area contributed by atoms with Crippen molar-refractivity contribution in [3.05, 3.63) is 22.7 Å². The lowest BCUT2D eigenvalue weighted by atomic mass is 10.0. The predicted molar refractivity (Wildman–Crippen MR) is 133 cm³/mol. The molecule has 1 fully saturated rings. The Bertz CT molecular complexity index is 731. The molecule has 2 heterocycles. The van der Waals surface area contributed by atoms with Crippen molar-refractivity contribution < 1.29 is 29.6 Å². The van der Waals surface area contributed by atoms with Crippen molar-refractivity contribution in [2.24, 2.45) is 0 Å². The van der Waals surface area contributed by atoms with Crippen LogP contribution in [0.4, 0.5) is 5.82 Å². The monoisotopic (exact) mass is 499 g/mol. The minimum Gasteiger partial charge on any atom is -0.433 e. The van der Waals surface area contributed by atoms with E-state index in [0.29, 0.717) is 5.82 Å². The fraction of sp³-hybridized carbons (Fsp3) is 0.800. The second kappa shape index (κ2) is 19.2. The number of carbonyl (C=O) groups excluding carboxylic acids is 1. The van der Waals surface area contributed by atoms with Gasteiger partial charge in [0.15, 0.2) is 0 Å². The van der Waals surface area contributed by atoms with Crippen molar-refractivity contribution >= 4 is 11.8 Å². The molecule has 0 spiro atoms. The fourth-order valence-electron chi connectivity index (χ4n) is 3.82. The van der Waals surface area contributed by atoms with E-state index in [4.69, 9.17) is 20.3 Å². The van der Waals surface area contributed by atoms with Crippen molar-refractivity contribution in [3.8, 4) is 0 Å². The number of anilines is 1. The molecule has 1 aliphatic heterocycles. The molecule has 0 bridgehead atoms. The zero-order valence-electron chi connectivity index (χ0n) is 21.1. The molecule has 1 aromatic rings. The van der Waals surface area contributed by atoms with Crippen LogP contribution in [0.15, 0.2) is 17.1 Å². The summed E-state index contributed by atoms with van der Waals surface area (Å²) in [7, 11) is 0. The van der Waals surface area contributed by atoms with Gasteiger partial charge in [-0.25, -0.2) is 9.78 Å². The van der Waals surface area contributed by atoms with Crippen LogP contribution >= 0.6 is 0 Å². The summed E-state index contributed by atoms with van der Waals surface area (Å²) < 4.78 is 10.2. The number of rotatable bonds is 16. The summed E-state index contributed by atoms with van der Waals surface area (Å²) >= 11 is 0. The standard InChI is InChI=1S/C21H40O6.C4H5N3O/c1-2-3-4-5-6-7-8-9-10-11-12-13-14-15-18(23)27-21-20(25)19(24)17(16-22)26-21;5-3-1-2-6-4(8)7-3/h17,19-22,24-25H,2-16H2,1H3;1-2H,(H3,5,6,7,8)/t17-,19-,20+,21?;/m1./s1. The number of aromatic amines is 1. The third kappa shape index (κ3) is 14.2. The average Bonchev–Trinajstić information content (AvgIpc) is 3.10. The van der Waals surface area contributed by atoms with Crippen LogP contribution in [-0.4, -0.2) is 62.5 Å². The second-order valence-electron chi connectivity index (χ2n) is 9.02. The number of nitrogens with two attached hydrogens (primary N) is 1. The van der Waals surface area contributed by atoms with E-state index in [-0.39, 0.29) is 6.42 Å². The Kier molecular flexibility index (Phi) is 17.0. The highest BCUT2D eigenvalue weighted by molar-refractivity contribution is 5.69. The lowest BCUT2D eigenvalue weighted by molar-refractivity contribution is -0.190. The average molecular weight is 500 g/mol. The van der Waals surface area contributed by atoms with Crippen molar-refractivity contribution in [1.82, 2.24) is 9.97 Å². The van der Waals surface area contributed by atoms with Gasteiger partial charge in [-0.15, -0.1) is 0 Å². The molecule has 10 nitrogen and oxygen atoms in total. The molecular formula is C25H45N3O7. The van der Waals surface area contributed by atoms with Crippen LogP contribution in [0.3, 0.4) is 0 Å². The molecule has 1 saturated heterocycles. The zero-order valence-corrected chi connectivity index (χ0v) is 21.1. The van der Waals surface area contributed by atoms with E-state index < -0.39 is 42.9 Å². The highest BCUT2D eigenvalue weighted by Gasteiger charge is 2.44. The van der Waals surface area contributed by atoms with Gasteiger partial charge in [-0.3, -0.25) is 9.78 Å². The third-order valence-electron chi connectivity index (χ3n) is 5.93. The molecule has 1 aromatic heterocycles. The summed E-state index contributed by atoms with van der Waals surface area (Å²) in [6, 6.07) is 1.52. The smallest absolute Gasteiger partial charge is 0.346 e. The van der Waals surface area contributed by atoms with Gasteiger partial charge in [0.1, 0.15) is 24.1 Å². The first-order chi connectivity index (χ1) is 16.9. The van der Waals surface area contributed by atoms with Crippen LogP contribution < -0.4 is 11.4 Å². The third-order valence-corrected chi connectivity index (χ3v) is 5.93. The number of hydrogen-bond donors (Lipinski definition) is 5. The number of nitrogen functional groups attached to an aromatic ring is 1.